The Bertz CT molecular complexity index is 1150. The summed E-state index contributed by atoms with van der Waals surface area (Å²) in [7, 11) is -3.73. The highest BCUT2D eigenvalue weighted by atomic mass is 35.5. The van der Waals surface area contributed by atoms with Gasteiger partial charge in [-0.3, -0.25) is 4.79 Å². The van der Waals surface area contributed by atoms with E-state index in [4.69, 9.17) is 16.3 Å². The molecule has 0 aliphatic carbocycles. The van der Waals surface area contributed by atoms with E-state index >= 15 is 0 Å². The number of ether oxygens (including phenoxy) is 1. The summed E-state index contributed by atoms with van der Waals surface area (Å²) in [6.45, 7) is 0.323. The summed E-state index contributed by atoms with van der Waals surface area (Å²) < 4.78 is 33.0. The predicted octanol–water partition coefficient (Wildman–Crippen LogP) is 4.92. The van der Waals surface area contributed by atoms with Crippen LogP contribution in [0.5, 0.6) is 11.5 Å². The molecule has 1 fully saturated rings. The second kappa shape index (κ2) is 9.09. The van der Waals surface area contributed by atoms with Crippen LogP contribution in [0.3, 0.4) is 0 Å². The summed E-state index contributed by atoms with van der Waals surface area (Å²) in [6, 6.07) is 21.4. The van der Waals surface area contributed by atoms with Crippen LogP contribution in [0.2, 0.25) is 5.02 Å². The second-order valence-electron chi connectivity index (χ2n) is 7.16. The molecule has 1 aliphatic rings. The SMILES string of the molecule is O=C(Nc1ccc(Oc2ccc(Cl)cc2)cc1)[C@H]1CCCN1S(=O)(=O)c1ccccc1. The molecule has 8 heteroatoms. The number of halogens is 1. The highest BCUT2D eigenvalue weighted by Gasteiger charge is 2.39. The van der Waals surface area contributed by atoms with Crippen LogP contribution in [0.25, 0.3) is 0 Å². The largest absolute Gasteiger partial charge is 0.457 e. The third kappa shape index (κ3) is 4.90. The third-order valence-electron chi connectivity index (χ3n) is 5.03. The topological polar surface area (TPSA) is 75.7 Å². The Morgan fingerprint density at radius 3 is 2.19 bits per heavy atom. The van der Waals surface area contributed by atoms with E-state index in [0.29, 0.717) is 41.6 Å². The van der Waals surface area contributed by atoms with Gasteiger partial charge in [-0.25, -0.2) is 8.42 Å². The van der Waals surface area contributed by atoms with Crippen molar-refractivity contribution in [2.45, 2.75) is 23.8 Å². The Balaban J connectivity index is 1.43. The predicted molar refractivity (Wildman–Crippen MR) is 120 cm³/mol. The maximum atomic E-state index is 13.0. The summed E-state index contributed by atoms with van der Waals surface area (Å²) >= 11 is 5.87. The van der Waals surface area contributed by atoms with E-state index in [-0.39, 0.29) is 10.8 Å². The Morgan fingerprint density at radius 1 is 0.935 bits per heavy atom. The monoisotopic (exact) mass is 456 g/mol. The average molecular weight is 457 g/mol. The molecule has 1 atom stereocenters. The molecule has 1 N–H and O–H groups in total. The number of carbonyl (C=O) groups is 1. The average Bonchev–Trinajstić information content (AvgIpc) is 3.28. The molecule has 6 nitrogen and oxygen atoms in total. The van der Waals surface area contributed by atoms with Gasteiger partial charge in [0.15, 0.2) is 0 Å². The lowest BCUT2D eigenvalue weighted by molar-refractivity contribution is -0.119. The second-order valence-corrected chi connectivity index (χ2v) is 9.48. The molecule has 3 aromatic rings. The van der Waals surface area contributed by atoms with Gasteiger partial charge >= 0.3 is 0 Å². The number of nitrogens with one attached hydrogen (secondary N) is 1. The van der Waals surface area contributed by atoms with E-state index in [9.17, 15) is 13.2 Å². The van der Waals surface area contributed by atoms with Crippen LogP contribution in [-0.4, -0.2) is 31.2 Å². The van der Waals surface area contributed by atoms with Crippen molar-refractivity contribution in [2.24, 2.45) is 0 Å². The Hall–Kier alpha value is -2.87. The lowest BCUT2D eigenvalue weighted by Gasteiger charge is -2.23. The number of benzene rings is 3. The van der Waals surface area contributed by atoms with E-state index in [0.717, 1.165) is 0 Å². The summed E-state index contributed by atoms with van der Waals surface area (Å²) in [6.07, 6.45) is 1.12. The molecule has 0 bridgehead atoms. The molecule has 3 aromatic carbocycles. The number of hydrogen-bond donors (Lipinski definition) is 1. The Kier molecular flexibility index (Phi) is 6.27. The van der Waals surface area contributed by atoms with Crippen molar-refractivity contribution in [3.05, 3.63) is 83.9 Å². The van der Waals surface area contributed by atoms with Crippen molar-refractivity contribution in [3.63, 3.8) is 0 Å². The van der Waals surface area contributed by atoms with Gasteiger partial charge in [0, 0.05) is 17.3 Å². The zero-order chi connectivity index (χ0) is 21.8. The van der Waals surface area contributed by atoms with Crippen molar-refractivity contribution >= 4 is 33.2 Å². The van der Waals surface area contributed by atoms with Gasteiger partial charge < -0.3 is 10.1 Å². The van der Waals surface area contributed by atoms with Crippen LogP contribution < -0.4 is 10.1 Å². The van der Waals surface area contributed by atoms with Gasteiger partial charge in [-0.2, -0.15) is 4.31 Å². The number of nitrogens with zero attached hydrogens (tertiary/aromatic N) is 1. The Morgan fingerprint density at radius 2 is 1.55 bits per heavy atom. The highest BCUT2D eigenvalue weighted by Crippen LogP contribution is 2.28. The van der Waals surface area contributed by atoms with E-state index in [1.54, 1.807) is 78.9 Å². The molecule has 0 radical (unpaired) electrons. The minimum atomic E-state index is -3.73. The smallest absolute Gasteiger partial charge is 0.243 e. The molecule has 0 saturated carbocycles. The van der Waals surface area contributed by atoms with Crippen molar-refractivity contribution in [1.29, 1.82) is 0 Å². The first-order chi connectivity index (χ1) is 14.9. The summed E-state index contributed by atoms with van der Waals surface area (Å²) in [4.78, 5) is 13.0. The van der Waals surface area contributed by atoms with E-state index in [1.807, 2.05) is 0 Å². The first-order valence-corrected chi connectivity index (χ1v) is 11.7. The number of carbonyl (C=O) groups excluding carboxylic acids is 1. The van der Waals surface area contributed by atoms with Crippen LogP contribution in [0, 0.1) is 0 Å². The fourth-order valence-electron chi connectivity index (χ4n) is 3.49. The van der Waals surface area contributed by atoms with Crippen molar-refractivity contribution < 1.29 is 17.9 Å². The van der Waals surface area contributed by atoms with Crippen LogP contribution in [0.4, 0.5) is 5.69 Å². The Labute approximate surface area is 186 Å². The molecule has 0 spiro atoms. The fraction of sp³-hybridized carbons (Fsp3) is 0.174. The third-order valence-corrected chi connectivity index (χ3v) is 7.20. The molecule has 1 amide bonds. The van der Waals surface area contributed by atoms with Gasteiger partial charge in [0.05, 0.1) is 4.90 Å². The molecule has 4 rings (SSSR count). The van der Waals surface area contributed by atoms with Gasteiger partial charge in [-0.15, -0.1) is 0 Å². The summed E-state index contributed by atoms with van der Waals surface area (Å²) in [5.41, 5.74) is 0.567. The van der Waals surface area contributed by atoms with E-state index in [2.05, 4.69) is 5.32 Å². The zero-order valence-electron chi connectivity index (χ0n) is 16.6. The highest BCUT2D eigenvalue weighted by molar-refractivity contribution is 7.89. The number of hydrogen-bond acceptors (Lipinski definition) is 4. The maximum absolute atomic E-state index is 13.0. The van der Waals surface area contributed by atoms with Crippen molar-refractivity contribution in [3.8, 4) is 11.5 Å². The molecule has 31 heavy (non-hydrogen) atoms. The standard InChI is InChI=1S/C23H21ClN2O4S/c24-17-8-12-19(13-9-17)30-20-14-10-18(11-15-20)25-23(27)22-7-4-16-26(22)31(28,29)21-5-2-1-3-6-21/h1-3,5-6,8-15,22H,4,7,16H2,(H,25,27)/t22-/m1/s1. The molecule has 0 unspecified atom stereocenters. The summed E-state index contributed by atoms with van der Waals surface area (Å²) in [5, 5.41) is 3.44. The molecule has 1 heterocycles. The first-order valence-electron chi connectivity index (χ1n) is 9.85. The quantitative estimate of drug-likeness (QED) is 0.571. The van der Waals surface area contributed by atoms with Gasteiger partial charge in [0.2, 0.25) is 15.9 Å². The number of amides is 1. The van der Waals surface area contributed by atoms with Crippen LogP contribution in [-0.2, 0) is 14.8 Å². The van der Waals surface area contributed by atoms with Crippen LogP contribution in [0.15, 0.2) is 83.8 Å². The zero-order valence-corrected chi connectivity index (χ0v) is 18.1. The van der Waals surface area contributed by atoms with Crippen LogP contribution >= 0.6 is 11.6 Å². The van der Waals surface area contributed by atoms with Crippen molar-refractivity contribution in [1.82, 2.24) is 4.31 Å². The first kappa shape index (κ1) is 21.4. The lowest BCUT2D eigenvalue weighted by Crippen LogP contribution is -2.43. The van der Waals surface area contributed by atoms with Gasteiger partial charge in [-0.05, 0) is 73.5 Å². The minimum absolute atomic E-state index is 0.193. The van der Waals surface area contributed by atoms with E-state index in [1.165, 1.54) is 4.31 Å². The molecular weight excluding hydrogens is 436 g/mol. The van der Waals surface area contributed by atoms with Crippen LogP contribution in [0.1, 0.15) is 12.8 Å². The van der Waals surface area contributed by atoms with Gasteiger partial charge in [0.25, 0.3) is 0 Å². The lowest BCUT2D eigenvalue weighted by atomic mass is 10.2. The number of sulfonamides is 1. The number of rotatable bonds is 6. The summed E-state index contributed by atoms with van der Waals surface area (Å²) in [5.74, 6) is 0.909. The normalized spacial score (nSPS) is 16.7. The fourth-order valence-corrected chi connectivity index (χ4v) is 5.29. The molecule has 1 saturated heterocycles. The van der Waals surface area contributed by atoms with Gasteiger partial charge in [-0.1, -0.05) is 29.8 Å². The van der Waals surface area contributed by atoms with E-state index < -0.39 is 16.1 Å². The molecule has 1 aliphatic heterocycles. The number of anilines is 1. The minimum Gasteiger partial charge on any atom is -0.457 e. The van der Waals surface area contributed by atoms with Crippen molar-refractivity contribution in [2.75, 3.05) is 11.9 Å². The molecule has 160 valence electrons. The maximum Gasteiger partial charge on any atom is 0.243 e. The molecular formula is C23H21ClN2O4S. The van der Waals surface area contributed by atoms with Gasteiger partial charge in [0.1, 0.15) is 17.5 Å². The molecule has 0 aromatic heterocycles.